The fourth-order valence-electron chi connectivity index (χ4n) is 3.01. The zero-order valence-electron chi connectivity index (χ0n) is 18.0. The number of amides is 1. The summed E-state index contributed by atoms with van der Waals surface area (Å²) in [5, 5.41) is 7.11. The lowest BCUT2D eigenvalue weighted by Crippen LogP contribution is -2.30. The first-order valence-electron chi connectivity index (χ1n) is 9.87. The van der Waals surface area contributed by atoms with Crippen LogP contribution in [0.1, 0.15) is 29.8 Å². The molecule has 0 spiro atoms. The highest BCUT2D eigenvalue weighted by Gasteiger charge is 2.18. The van der Waals surface area contributed by atoms with Gasteiger partial charge in [0.1, 0.15) is 5.82 Å². The molecule has 31 heavy (non-hydrogen) atoms. The molecule has 0 radical (unpaired) electrons. The van der Waals surface area contributed by atoms with E-state index in [9.17, 15) is 13.2 Å². The average Bonchev–Trinajstić information content (AvgIpc) is 3.14. The highest BCUT2D eigenvalue weighted by molar-refractivity contribution is 7.89. The Labute approximate surface area is 182 Å². The number of carbonyl (C=O) groups excluding carboxylic acids is 1. The maximum Gasteiger partial charge on any atom is 0.256 e. The summed E-state index contributed by atoms with van der Waals surface area (Å²) >= 11 is 0. The largest absolute Gasteiger partial charge is 0.378 e. The van der Waals surface area contributed by atoms with Crippen molar-refractivity contribution in [2.45, 2.75) is 31.3 Å². The van der Waals surface area contributed by atoms with E-state index < -0.39 is 15.9 Å². The van der Waals surface area contributed by atoms with Crippen LogP contribution < -0.4 is 14.9 Å². The summed E-state index contributed by atoms with van der Waals surface area (Å²) in [7, 11) is 0.276. The van der Waals surface area contributed by atoms with E-state index >= 15 is 0 Å². The molecular weight excluding hydrogens is 414 g/mol. The molecule has 1 amide bonds. The molecule has 1 aromatic heterocycles. The molecule has 0 bridgehead atoms. The third kappa shape index (κ3) is 5.71. The fraction of sp³-hybridized carbons (Fsp3) is 0.273. The lowest BCUT2D eigenvalue weighted by Gasteiger charge is -2.14. The van der Waals surface area contributed by atoms with Gasteiger partial charge in [-0.25, -0.2) is 17.8 Å². The van der Waals surface area contributed by atoms with Crippen molar-refractivity contribution in [3.05, 3.63) is 71.9 Å². The molecule has 0 aliphatic heterocycles. The number of nitrogens with zero attached hydrogens (tertiary/aromatic N) is 3. The molecule has 8 nitrogen and oxygen atoms in total. The Morgan fingerprint density at radius 1 is 1.10 bits per heavy atom. The Morgan fingerprint density at radius 3 is 2.45 bits per heavy atom. The zero-order chi connectivity index (χ0) is 22.6. The van der Waals surface area contributed by atoms with E-state index in [4.69, 9.17) is 0 Å². The van der Waals surface area contributed by atoms with Gasteiger partial charge in [0.2, 0.25) is 10.0 Å². The van der Waals surface area contributed by atoms with Crippen molar-refractivity contribution in [2.24, 2.45) is 0 Å². The minimum Gasteiger partial charge on any atom is -0.378 e. The van der Waals surface area contributed by atoms with Crippen LogP contribution in [-0.4, -0.2) is 44.2 Å². The van der Waals surface area contributed by atoms with E-state index in [1.54, 1.807) is 42.9 Å². The monoisotopic (exact) mass is 441 g/mol. The predicted molar refractivity (Wildman–Crippen MR) is 122 cm³/mol. The summed E-state index contributed by atoms with van der Waals surface area (Å²) in [6.45, 7) is 3.97. The second-order valence-corrected chi connectivity index (χ2v) is 9.41. The molecular formula is C22H27N5O3S. The molecule has 0 aliphatic carbocycles. The van der Waals surface area contributed by atoms with Crippen LogP contribution in [0.15, 0.2) is 65.7 Å². The first kappa shape index (κ1) is 22.5. The Balaban J connectivity index is 1.75. The molecule has 3 aromatic rings. The van der Waals surface area contributed by atoms with Crippen LogP contribution in [0.5, 0.6) is 0 Å². The van der Waals surface area contributed by atoms with Gasteiger partial charge in [-0.3, -0.25) is 4.79 Å². The van der Waals surface area contributed by atoms with E-state index in [2.05, 4.69) is 15.1 Å². The summed E-state index contributed by atoms with van der Waals surface area (Å²) in [4.78, 5) is 14.8. The smallest absolute Gasteiger partial charge is 0.256 e. The average molecular weight is 442 g/mol. The van der Waals surface area contributed by atoms with Crippen molar-refractivity contribution in [1.82, 2.24) is 14.5 Å². The Bertz CT molecular complexity index is 1150. The summed E-state index contributed by atoms with van der Waals surface area (Å²) in [6.07, 6.45) is 1.61. The lowest BCUT2D eigenvalue weighted by atomic mass is 10.2. The minimum absolute atomic E-state index is 0.0448. The van der Waals surface area contributed by atoms with Crippen molar-refractivity contribution < 1.29 is 13.2 Å². The number of sulfonamides is 1. The maximum atomic E-state index is 12.8. The SMILES string of the molecule is CC(C)NS(=O)(=O)c1cccc(C(=O)Nc2ccnn2Cc2ccc(N(C)C)cc2)c1. The quantitative estimate of drug-likeness (QED) is 0.560. The van der Waals surface area contributed by atoms with Crippen molar-refractivity contribution >= 4 is 27.4 Å². The van der Waals surface area contributed by atoms with E-state index in [1.165, 1.54) is 12.1 Å². The number of carbonyl (C=O) groups is 1. The number of hydrogen-bond acceptors (Lipinski definition) is 5. The number of nitrogens with one attached hydrogen (secondary N) is 2. The molecule has 1 heterocycles. The highest BCUT2D eigenvalue weighted by atomic mass is 32.2. The molecule has 0 atom stereocenters. The first-order valence-corrected chi connectivity index (χ1v) is 11.4. The molecule has 0 aliphatic rings. The number of anilines is 2. The molecule has 2 N–H and O–H groups in total. The predicted octanol–water partition coefficient (Wildman–Crippen LogP) is 2.94. The number of aromatic nitrogens is 2. The third-order valence-corrected chi connectivity index (χ3v) is 6.20. The summed E-state index contributed by atoms with van der Waals surface area (Å²) in [5.74, 6) is 0.113. The highest BCUT2D eigenvalue weighted by Crippen LogP contribution is 2.17. The van der Waals surface area contributed by atoms with Gasteiger partial charge in [-0.1, -0.05) is 18.2 Å². The van der Waals surface area contributed by atoms with E-state index in [0.717, 1.165) is 11.3 Å². The molecule has 0 saturated carbocycles. The van der Waals surface area contributed by atoms with Gasteiger partial charge in [0.15, 0.2) is 0 Å². The first-order chi connectivity index (χ1) is 14.7. The molecule has 0 fully saturated rings. The summed E-state index contributed by atoms with van der Waals surface area (Å²) in [6, 6.07) is 15.5. The standard InChI is InChI=1S/C22H27N5O3S/c1-16(2)25-31(29,30)20-7-5-6-18(14-20)22(28)24-21-12-13-23-27(21)15-17-8-10-19(11-9-17)26(3)4/h5-14,16,25H,15H2,1-4H3,(H,24,28). The second-order valence-electron chi connectivity index (χ2n) is 7.69. The van der Waals surface area contributed by atoms with E-state index in [1.807, 2.05) is 43.3 Å². The Morgan fingerprint density at radius 2 is 1.81 bits per heavy atom. The van der Waals surface area contributed by atoms with Crippen LogP contribution in [0.4, 0.5) is 11.5 Å². The minimum atomic E-state index is -3.69. The fourth-order valence-corrected chi connectivity index (χ4v) is 4.31. The molecule has 3 rings (SSSR count). The van der Waals surface area contributed by atoms with Gasteiger partial charge in [0, 0.05) is 37.5 Å². The second kappa shape index (κ2) is 9.32. The van der Waals surface area contributed by atoms with Crippen molar-refractivity contribution in [3.63, 3.8) is 0 Å². The van der Waals surface area contributed by atoms with Crippen molar-refractivity contribution in [2.75, 3.05) is 24.3 Å². The van der Waals surface area contributed by atoms with Gasteiger partial charge in [-0.15, -0.1) is 0 Å². The van der Waals surface area contributed by atoms with Gasteiger partial charge in [0.05, 0.1) is 17.6 Å². The number of rotatable bonds is 8. The van der Waals surface area contributed by atoms with Gasteiger partial charge in [-0.05, 0) is 49.7 Å². The Hall–Kier alpha value is -3.17. The van der Waals surface area contributed by atoms with Gasteiger partial charge in [-0.2, -0.15) is 5.10 Å². The third-order valence-electron chi connectivity index (χ3n) is 4.54. The van der Waals surface area contributed by atoms with Crippen LogP contribution >= 0.6 is 0 Å². The van der Waals surface area contributed by atoms with Gasteiger partial charge < -0.3 is 10.2 Å². The summed E-state index contributed by atoms with van der Waals surface area (Å²) < 4.78 is 29.0. The topological polar surface area (TPSA) is 96.3 Å². The van der Waals surface area contributed by atoms with E-state index in [0.29, 0.717) is 12.4 Å². The molecule has 0 saturated heterocycles. The molecule has 0 unspecified atom stereocenters. The van der Waals surface area contributed by atoms with E-state index in [-0.39, 0.29) is 16.5 Å². The summed E-state index contributed by atoms with van der Waals surface area (Å²) in [5.41, 5.74) is 2.38. The molecule has 9 heteroatoms. The van der Waals surface area contributed by atoms with Gasteiger partial charge >= 0.3 is 0 Å². The van der Waals surface area contributed by atoms with Crippen LogP contribution in [0.2, 0.25) is 0 Å². The zero-order valence-corrected chi connectivity index (χ0v) is 18.8. The molecule has 2 aromatic carbocycles. The van der Waals surface area contributed by atoms with Crippen molar-refractivity contribution in [3.8, 4) is 0 Å². The van der Waals surface area contributed by atoms with Crippen molar-refractivity contribution in [1.29, 1.82) is 0 Å². The number of benzene rings is 2. The van der Waals surface area contributed by atoms with Crippen LogP contribution in [0, 0.1) is 0 Å². The lowest BCUT2D eigenvalue weighted by molar-refractivity contribution is 0.102. The molecule has 164 valence electrons. The number of hydrogen-bond donors (Lipinski definition) is 2. The van der Waals surface area contributed by atoms with Crippen LogP contribution in [-0.2, 0) is 16.6 Å². The maximum absolute atomic E-state index is 12.8. The Kier molecular flexibility index (Phi) is 6.77. The van der Waals surface area contributed by atoms with Crippen LogP contribution in [0.3, 0.4) is 0 Å². The van der Waals surface area contributed by atoms with Crippen LogP contribution in [0.25, 0.3) is 0 Å². The van der Waals surface area contributed by atoms with Gasteiger partial charge in [0.25, 0.3) is 5.91 Å². The normalized spacial score (nSPS) is 11.5.